The maximum absolute atomic E-state index is 12.0. The molecule has 1 amide bonds. The minimum atomic E-state index is -0.414. The second kappa shape index (κ2) is 6.96. The first-order chi connectivity index (χ1) is 11.2. The third-order valence-corrected chi connectivity index (χ3v) is 5.17. The number of thiophene rings is 1. The molecule has 1 aliphatic carbocycles. The van der Waals surface area contributed by atoms with Crippen LogP contribution in [0.5, 0.6) is 0 Å². The molecule has 5 heteroatoms. The zero-order valence-corrected chi connectivity index (χ0v) is 13.9. The van der Waals surface area contributed by atoms with Crippen LogP contribution < -0.4 is 5.32 Å². The Morgan fingerprint density at radius 1 is 1.26 bits per heavy atom. The van der Waals surface area contributed by atoms with Gasteiger partial charge in [-0.3, -0.25) is 4.79 Å². The molecule has 0 saturated heterocycles. The van der Waals surface area contributed by atoms with E-state index in [1.807, 2.05) is 37.3 Å². The van der Waals surface area contributed by atoms with Crippen molar-refractivity contribution in [2.24, 2.45) is 0 Å². The van der Waals surface area contributed by atoms with E-state index >= 15 is 0 Å². The molecule has 1 heterocycles. The third kappa shape index (κ3) is 3.62. The number of nitrogens with one attached hydrogen (secondary N) is 1. The number of fused-ring (bicyclic) bond motifs is 1. The quantitative estimate of drug-likeness (QED) is 0.853. The summed E-state index contributed by atoms with van der Waals surface area (Å²) in [6.07, 6.45) is 4.07. The fraction of sp³-hybridized carbons (Fsp3) is 0.333. The number of carbonyl (C=O) groups is 2. The minimum Gasteiger partial charge on any atom is -0.451 e. The maximum Gasteiger partial charge on any atom is 0.348 e. The number of benzene rings is 1. The van der Waals surface area contributed by atoms with Gasteiger partial charge in [0.05, 0.1) is 0 Å². The normalized spacial score (nSPS) is 12.7. The van der Waals surface area contributed by atoms with Crippen LogP contribution in [0.3, 0.4) is 0 Å². The van der Waals surface area contributed by atoms with E-state index in [4.69, 9.17) is 4.74 Å². The summed E-state index contributed by atoms with van der Waals surface area (Å²) in [5.74, 6) is -0.730. The Morgan fingerprint density at radius 2 is 2.09 bits per heavy atom. The SMILES string of the molecule is CCc1ccccc1NC(=O)COC(=O)c1cc2c(s1)CCC2. The van der Waals surface area contributed by atoms with E-state index in [2.05, 4.69) is 5.32 Å². The lowest BCUT2D eigenvalue weighted by molar-refractivity contribution is -0.119. The van der Waals surface area contributed by atoms with Crippen LogP contribution in [0.15, 0.2) is 30.3 Å². The molecule has 0 radical (unpaired) electrons. The first-order valence-corrected chi connectivity index (χ1v) is 8.65. The Kier molecular flexibility index (Phi) is 4.76. The highest BCUT2D eigenvalue weighted by atomic mass is 32.1. The van der Waals surface area contributed by atoms with Crippen molar-refractivity contribution in [1.82, 2.24) is 0 Å². The topological polar surface area (TPSA) is 55.4 Å². The second-order valence-corrected chi connectivity index (χ2v) is 6.68. The van der Waals surface area contributed by atoms with Crippen LogP contribution in [0.2, 0.25) is 0 Å². The van der Waals surface area contributed by atoms with Crippen LogP contribution in [-0.2, 0) is 28.8 Å². The summed E-state index contributed by atoms with van der Waals surface area (Å²) < 4.78 is 5.13. The number of anilines is 1. The van der Waals surface area contributed by atoms with Gasteiger partial charge in [-0.05, 0) is 48.9 Å². The Balaban J connectivity index is 1.55. The van der Waals surface area contributed by atoms with E-state index < -0.39 is 5.97 Å². The lowest BCUT2D eigenvalue weighted by atomic mass is 10.1. The molecular formula is C18H19NO3S. The molecule has 0 fully saturated rings. The van der Waals surface area contributed by atoms with E-state index in [0.29, 0.717) is 4.88 Å². The Hall–Kier alpha value is -2.14. The highest BCUT2D eigenvalue weighted by molar-refractivity contribution is 7.14. The van der Waals surface area contributed by atoms with Crippen molar-refractivity contribution in [2.75, 3.05) is 11.9 Å². The van der Waals surface area contributed by atoms with E-state index in [9.17, 15) is 9.59 Å². The summed E-state index contributed by atoms with van der Waals surface area (Å²) in [5.41, 5.74) is 3.08. The van der Waals surface area contributed by atoms with Crippen molar-refractivity contribution in [3.8, 4) is 0 Å². The van der Waals surface area contributed by atoms with Gasteiger partial charge in [-0.1, -0.05) is 25.1 Å². The molecule has 0 saturated carbocycles. The van der Waals surface area contributed by atoms with Gasteiger partial charge in [-0.2, -0.15) is 0 Å². The number of aryl methyl sites for hydroxylation is 3. The van der Waals surface area contributed by atoms with Crippen LogP contribution in [-0.4, -0.2) is 18.5 Å². The number of hydrogen-bond acceptors (Lipinski definition) is 4. The number of esters is 1. The van der Waals surface area contributed by atoms with Crippen LogP contribution in [0, 0.1) is 0 Å². The van der Waals surface area contributed by atoms with E-state index in [0.717, 1.165) is 36.9 Å². The molecule has 3 rings (SSSR count). The summed E-state index contributed by atoms with van der Waals surface area (Å²) in [6, 6.07) is 9.52. The van der Waals surface area contributed by atoms with Crippen molar-refractivity contribution in [2.45, 2.75) is 32.6 Å². The molecule has 23 heavy (non-hydrogen) atoms. The molecule has 1 aromatic heterocycles. The van der Waals surface area contributed by atoms with Crippen molar-refractivity contribution >= 4 is 28.9 Å². The number of carbonyl (C=O) groups excluding carboxylic acids is 2. The highest BCUT2D eigenvalue weighted by Crippen LogP contribution is 2.30. The lowest BCUT2D eigenvalue weighted by Gasteiger charge is -2.09. The molecular weight excluding hydrogens is 310 g/mol. The molecule has 1 aliphatic rings. The molecule has 1 N–H and O–H groups in total. The van der Waals surface area contributed by atoms with Crippen LogP contribution in [0.4, 0.5) is 5.69 Å². The van der Waals surface area contributed by atoms with Gasteiger partial charge >= 0.3 is 5.97 Å². The van der Waals surface area contributed by atoms with Gasteiger partial charge in [0.2, 0.25) is 0 Å². The molecule has 1 aromatic carbocycles. The standard InChI is InChI=1S/C18H19NO3S/c1-2-12-6-3-4-8-14(12)19-17(20)11-22-18(21)16-10-13-7-5-9-15(13)23-16/h3-4,6,8,10H,2,5,7,9,11H2,1H3,(H,19,20). The predicted molar refractivity (Wildman–Crippen MR) is 91.1 cm³/mol. The van der Waals surface area contributed by atoms with Gasteiger partial charge in [0.1, 0.15) is 4.88 Å². The van der Waals surface area contributed by atoms with Crippen molar-refractivity contribution < 1.29 is 14.3 Å². The predicted octanol–water partition coefficient (Wildman–Crippen LogP) is 3.59. The molecule has 120 valence electrons. The van der Waals surface area contributed by atoms with E-state index in [-0.39, 0.29) is 12.5 Å². The molecule has 0 atom stereocenters. The zero-order chi connectivity index (χ0) is 16.2. The van der Waals surface area contributed by atoms with Crippen LogP contribution in [0.25, 0.3) is 0 Å². The summed E-state index contributed by atoms with van der Waals surface area (Å²) in [4.78, 5) is 25.9. The number of rotatable bonds is 5. The molecule has 4 nitrogen and oxygen atoms in total. The first kappa shape index (κ1) is 15.7. The first-order valence-electron chi connectivity index (χ1n) is 7.84. The van der Waals surface area contributed by atoms with Gasteiger partial charge in [-0.15, -0.1) is 11.3 Å². The average Bonchev–Trinajstić information content (AvgIpc) is 3.14. The number of hydrogen-bond donors (Lipinski definition) is 1. The van der Waals surface area contributed by atoms with Crippen LogP contribution >= 0.6 is 11.3 Å². The summed E-state index contributed by atoms with van der Waals surface area (Å²) in [5, 5.41) is 2.79. The highest BCUT2D eigenvalue weighted by Gasteiger charge is 2.20. The molecule has 0 unspecified atom stereocenters. The van der Waals surface area contributed by atoms with Crippen molar-refractivity contribution in [3.05, 3.63) is 51.2 Å². The molecule has 0 aliphatic heterocycles. The Bertz CT molecular complexity index is 714. The van der Waals surface area contributed by atoms with Crippen molar-refractivity contribution in [1.29, 1.82) is 0 Å². The van der Waals surface area contributed by atoms with Crippen molar-refractivity contribution in [3.63, 3.8) is 0 Å². The summed E-state index contributed by atoms with van der Waals surface area (Å²) in [7, 11) is 0. The monoisotopic (exact) mass is 329 g/mol. The Morgan fingerprint density at radius 3 is 2.87 bits per heavy atom. The zero-order valence-electron chi connectivity index (χ0n) is 13.1. The van der Waals surface area contributed by atoms with Gasteiger partial charge in [-0.25, -0.2) is 4.79 Å². The fourth-order valence-corrected chi connectivity index (χ4v) is 3.92. The summed E-state index contributed by atoms with van der Waals surface area (Å²) in [6.45, 7) is 1.76. The number of ether oxygens (including phenoxy) is 1. The second-order valence-electron chi connectivity index (χ2n) is 5.55. The maximum atomic E-state index is 12.0. The lowest BCUT2D eigenvalue weighted by Crippen LogP contribution is -2.21. The smallest absolute Gasteiger partial charge is 0.348 e. The van der Waals surface area contributed by atoms with Gasteiger partial charge in [0.25, 0.3) is 5.91 Å². The average molecular weight is 329 g/mol. The molecule has 0 spiro atoms. The van der Waals surface area contributed by atoms with Gasteiger partial charge in [0.15, 0.2) is 6.61 Å². The fourth-order valence-electron chi connectivity index (χ4n) is 2.77. The van der Waals surface area contributed by atoms with E-state index in [1.54, 1.807) is 0 Å². The van der Waals surface area contributed by atoms with Gasteiger partial charge < -0.3 is 10.1 Å². The largest absolute Gasteiger partial charge is 0.451 e. The number of para-hydroxylation sites is 1. The van der Waals surface area contributed by atoms with Crippen LogP contribution in [0.1, 0.15) is 39.0 Å². The number of amides is 1. The minimum absolute atomic E-state index is 0.264. The van der Waals surface area contributed by atoms with E-state index in [1.165, 1.54) is 21.8 Å². The Labute approximate surface area is 139 Å². The summed E-state index contributed by atoms with van der Waals surface area (Å²) >= 11 is 1.49. The van der Waals surface area contributed by atoms with Gasteiger partial charge in [0, 0.05) is 10.6 Å². The third-order valence-electron chi connectivity index (χ3n) is 3.95. The molecule has 2 aromatic rings. The molecule has 0 bridgehead atoms.